The van der Waals surface area contributed by atoms with E-state index in [1.54, 1.807) is 11.8 Å². The molecule has 1 saturated carbocycles. The van der Waals surface area contributed by atoms with Crippen molar-refractivity contribution in [3.63, 3.8) is 0 Å². The maximum atomic E-state index is 11.5. The van der Waals surface area contributed by atoms with Gasteiger partial charge in [-0.3, -0.25) is 0 Å². The summed E-state index contributed by atoms with van der Waals surface area (Å²) in [6.45, 7) is 13.1. The summed E-state index contributed by atoms with van der Waals surface area (Å²) in [6, 6.07) is 15.7. The molecule has 184 valence electrons. The first-order chi connectivity index (χ1) is 16.6. The van der Waals surface area contributed by atoms with Crippen LogP contribution in [0.5, 0.6) is 5.75 Å². The number of anilines is 1. The van der Waals surface area contributed by atoms with E-state index in [1.807, 2.05) is 0 Å². The van der Waals surface area contributed by atoms with Crippen LogP contribution in [0.15, 0.2) is 47.4 Å². The minimum atomic E-state index is -0.0693. The monoisotopic (exact) mass is 487 g/mol. The van der Waals surface area contributed by atoms with Gasteiger partial charge in [0.2, 0.25) is 0 Å². The van der Waals surface area contributed by atoms with Crippen LogP contribution in [0.3, 0.4) is 0 Å². The van der Waals surface area contributed by atoms with Gasteiger partial charge in [0.25, 0.3) is 0 Å². The van der Waals surface area contributed by atoms with Crippen LogP contribution in [0, 0.1) is 10.8 Å². The fourth-order valence-electron chi connectivity index (χ4n) is 8.06. The van der Waals surface area contributed by atoms with Crippen LogP contribution in [0.25, 0.3) is 21.9 Å². The van der Waals surface area contributed by atoms with E-state index < -0.39 is 0 Å². The minimum absolute atomic E-state index is 0.0693. The third-order valence-corrected chi connectivity index (χ3v) is 9.28. The molecular formula is C31H37NO2S. The van der Waals surface area contributed by atoms with Crippen molar-refractivity contribution >= 4 is 28.2 Å². The standard InChI is InChI=1S/C31H37NO2S/c1-29(2)17-30(3,4)19-31(18-29)23-9-7-6-8-20(23)28-22-14-25(32-10-12-34-13-11-32)27(35-5)15-21(22)26(33)16-24(28)31/h6-9,14-16,33H,10-13,17-19H2,1-5H3. The van der Waals surface area contributed by atoms with Gasteiger partial charge in [-0.05, 0) is 82.2 Å². The van der Waals surface area contributed by atoms with Crippen LogP contribution in [0.2, 0.25) is 0 Å². The average Bonchev–Trinajstić information content (AvgIpc) is 3.05. The molecule has 1 saturated heterocycles. The molecule has 1 N–H and O–H groups in total. The Labute approximate surface area is 213 Å². The summed E-state index contributed by atoms with van der Waals surface area (Å²) in [5, 5.41) is 13.6. The lowest BCUT2D eigenvalue weighted by molar-refractivity contribution is 0.0645. The Morgan fingerprint density at radius 2 is 1.54 bits per heavy atom. The predicted octanol–water partition coefficient (Wildman–Crippen LogP) is 7.61. The Balaban J connectivity index is 1.67. The maximum absolute atomic E-state index is 11.5. The van der Waals surface area contributed by atoms with E-state index in [4.69, 9.17) is 4.74 Å². The number of morpholine rings is 1. The molecule has 4 heteroatoms. The molecule has 0 unspecified atom stereocenters. The van der Waals surface area contributed by atoms with Crippen LogP contribution in [-0.2, 0) is 10.2 Å². The number of rotatable bonds is 2. The van der Waals surface area contributed by atoms with Gasteiger partial charge >= 0.3 is 0 Å². The lowest BCUT2D eigenvalue weighted by atomic mass is 9.52. The Morgan fingerprint density at radius 1 is 0.857 bits per heavy atom. The first kappa shape index (κ1) is 23.2. The summed E-state index contributed by atoms with van der Waals surface area (Å²) in [4.78, 5) is 3.67. The zero-order valence-corrected chi connectivity index (χ0v) is 22.5. The smallest absolute Gasteiger partial charge is 0.123 e. The van der Waals surface area contributed by atoms with Gasteiger partial charge in [-0.25, -0.2) is 0 Å². The molecule has 6 rings (SSSR count). The van der Waals surface area contributed by atoms with Crippen LogP contribution in [-0.4, -0.2) is 37.7 Å². The third-order valence-electron chi connectivity index (χ3n) is 8.51. The summed E-state index contributed by atoms with van der Waals surface area (Å²) >= 11 is 1.76. The molecular weight excluding hydrogens is 450 g/mol. The van der Waals surface area contributed by atoms with Gasteiger partial charge in [0.05, 0.1) is 18.9 Å². The second-order valence-electron chi connectivity index (χ2n) is 12.5. The number of hydrogen-bond acceptors (Lipinski definition) is 4. The van der Waals surface area contributed by atoms with E-state index in [2.05, 4.69) is 81.3 Å². The van der Waals surface area contributed by atoms with Crippen molar-refractivity contribution in [2.75, 3.05) is 37.5 Å². The number of hydrogen-bond donors (Lipinski definition) is 1. The van der Waals surface area contributed by atoms with Gasteiger partial charge < -0.3 is 14.7 Å². The largest absolute Gasteiger partial charge is 0.507 e. The number of nitrogens with zero attached hydrogens (tertiary/aromatic N) is 1. The number of phenols is 1. The Morgan fingerprint density at radius 3 is 2.23 bits per heavy atom. The molecule has 1 aliphatic heterocycles. The van der Waals surface area contributed by atoms with E-state index in [-0.39, 0.29) is 16.2 Å². The first-order valence-electron chi connectivity index (χ1n) is 13.0. The molecule has 0 bridgehead atoms. The Kier molecular flexibility index (Phi) is 5.26. The SMILES string of the molecule is CSc1cc2c(O)cc3c(c2cc1N1CCOCC1)-c1ccccc1C31CC(C)(C)CC(C)(C)C1. The normalized spacial score (nSPS) is 21.8. The molecule has 0 amide bonds. The lowest BCUT2D eigenvalue weighted by Crippen LogP contribution is -2.43. The highest BCUT2D eigenvalue weighted by Gasteiger charge is 2.53. The van der Waals surface area contributed by atoms with Crippen molar-refractivity contribution < 1.29 is 9.84 Å². The number of benzene rings is 3. The van der Waals surface area contributed by atoms with E-state index in [9.17, 15) is 5.11 Å². The molecule has 3 aliphatic rings. The van der Waals surface area contributed by atoms with Gasteiger partial charge in [-0.1, -0.05) is 52.0 Å². The van der Waals surface area contributed by atoms with Gasteiger partial charge in [0.15, 0.2) is 0 Å². The molecule has 3 aromatic rings. The van der Waals surface area contributed by atoms with E-state index in [1.165, 1.54) is 44.6 Å². The fraction of sp³-hybridized carbons (Fsp3) is 0.484. The summed E-state index contributed by atoms with van der Waals surface area (Å²) < 4.78 is 5.65. The van der Waals surface area contributed by atoms with E-state index >= 15 is 0 Å². The number of fused-ring (bicyclic) bond motifs is 7. The zero-order valence-electron chi connectivity index (χ0n) is 21.7. The van der Waals surface area contributed by atoms with Crippen LogP contribution < -0.4 is 4.90 Å². The van der Waals surface area contributed by atoms with Crippen molar-refractivity contribution in [1.29, 1.82) is 0 Å². The molecule has 3 nitrogen and oxygen atoms in total. The van der Waals surface area contributed by atoms with E-state index in [0.717, 1.165) is 44.5 Å². The predicted molar refractivity (Wildman–Crippen MR) is 148 cm³/mol. The molecule has 2 fully saturated rings. The number of phenolic OH excluding ortho intramolecular Hbond substituents is 1. The highest BCUT2D eigenvalue weighted by atomic mass is 32.2. The Bertz CT molecular complexity index is 1300. The molecule has 3 aromatic carbocycles. The minimum Gasteiger partial charge on any atom is -0.507 e. The molecule has 0 radical (unpaired) electrons. The highest BCUT2D eigenvalue weighted by molar-refractivity contribution is 7.98. The average molecular weight is 488 g/mol. The number of thioether (sulfide) groups is 1. The van der Waals surface area contributed by atoms with Gasteiger partial charge in [-0.15, -0.1) is 11.8 Å². The zero-order chi connectivity index (χ0) is 24.6. The second-order valence-corrected chi connectivity index (χ2v) is 13.3. The number of ether oxygens (including phenoxy) is 1. The Hall–Kier alpha value is -2.17. The molecule has 1 spiro atoms. The van der Waals surface area contributed by atoms with Crippen molar-refractivity contribution in [2.45, 2.75) is 57.3 Å². The third kappa shape index (κ3) is 3.59. The summed E-state index contributed by atoms with van der Waals surface area (Å²) in [7, 11) is 0. The summed E-state index contributed by atoms with van der Waals surface area (Å²) in [6.07, 6.45) is 5.57. The lowest BCUT2D eigenvalue weighted by Gasteiger charge is -2.51. The van der Waals surface area contributed by atoms with Crippen molar-refractivity contribution in [2.24, 2.45) is 10.8 Å². The molecule has 35 heavy (non-hydrogen) atoms. The molecule has 0 atom stereocenters. The van der Waals surface area contributed by atoms with Crippen LogP contribution in [0.4, 0.5) is 5.69 Å². The fourth-order valence-corrected chi connectivity index (χ4v) is 8.70. The first-order valence-corrected chi connectivity index (χ1v) is 14.2. The van der Waals surface area contributed by atoms with Crippen LogP contribution in [0.1, 0.15) is 58.1 Å². The molecule has 0 aromatic heterocycles. The topological polar surface area (TPSA) is 32.7 Å². The number of aromatic hydroxyl groups is 1. The molecule has 1 heterocycles. The quantitative estimate of drug-likeness (QED) is 0.377. The van der Waals surface area contributed by atoms with Gasteiger partial charge in [0, 0.05) is 28.8 Å². The van der Waals surface area contributed by atoms with Crippen LogP contribution >= 0.6 is 11.8 Å². The van der Waals surface area contributed by atoms with Crippen molar-refractivity contribution in [3.05, 3.63) is 53.6 Å². The second kappa shape index (κ2) is 7.91. The van der Waals surface area contributed by atoms with Gasteiger partial charge in [-0.2, -0.15) is 0 Å². The van der Waals surface area contributed by atoms with Crippen molar-refractivity contribution in [1.82, 2.24) is 0 Å². The van der Waals surface area contributed by atoms with Gasteiger partial charge in [0.1, 0.15) is 5.75 Å². The summed E-state index contributed by atoms with van der Waals surface area (Å²) in [5.41, 5.74) is 7.11. The van der Waals surface area contributed by atoms with Crippen molar-refractivity contribution in [3.8, 4) is 16.9 Å². The molecule has 2 aliphatic carbocycles. The van der Waals surface area contributed by atoms with E-state index in [0.29, 0.717) is 5.75 Å². The summed E-state index contributed by atoms with van der Waals surface area (Å²) in [5.74, 6) is 0.413. The highest BCUT2D eigenvalue weighted by Crippen LogP contribution is 2.65. The maximum Gasteiger partial charge on any atom is 0.123 e.